The van der Waals surface area contributed by atoms with Gasteiger partial charge in [-0.05, 0) is 36.2 Å². The van der Waals surface area contributed by atoms with Crippen molar-refractivity contribution in [1.29, 1.82) is 0 Å². The van der Waals surface area contributed by atoms with E-state index in [1.54, 1.807) is 0 Å². The average Bonchev–Trinajstić information content (AvgIpc) is 3.13. The van der Waals surface area contributed by atoms with Crippen LogP contribution < -0.4 is 10.1 Å². The van der Waals surface area contributed by atoms with Gasteiger partial charge in [0, 0.05) is 6.42 Å². The fourth-order valence-electron chi connectivity index (χ4n) is 2.35. The number of rotatable bonds is 7. The third-order valence-electron chi connectivity index (χ3n) is 3.88. The number of benzene rings is 2. The molecule has 0 saturated carbocycles. The van der Waals surface area contributed by atoms with Crippen LogP contribution in [-0.2, 0) is 12.8 Å². The molecule has 5 nitrogen and oxygen atoms in total. The molecule has 3 aromatic rings. The van der Waals surface area contributed by atoms with E-state index in [1.165, 1.54) is 5.56 Å². The molecule has 2 aromatic carbocycles. The summed E-state index contributed by atoms with van der Waals surface area (Å²) in [5.41, 5.74) is 0.601. The minimum atomic E-state index is -1.70. The first-order valence-electron chi connectivity index (χ1n) is 8.47. The summed E-state index contributed by atoms with van der Waals surface area (Å²) in [6.07, 6.45) is 1.41. The maximum atomic E-state index is 13.7. The Balaban J connectivity index is 1.55. The number of carbonyl (C=O) groups excluding carboxylic acids is 1. The van der Waals surface area contributed by atoms with Gasteiger partial charge >= 0.3 is 0 Å². The molecule has 9 heteroatoms. The zero-order valence-corrected chi connectivity index (χ0v) is 15.7. The molecule has 0 unspecified atom stereocenters. The molecular formula is C19H16F3N3O2S. The summed E-state index contributed by atoms with van der Waals surface area (Å²) >= 11 is 1.09. The maximum Gasteiger partial charge on any atom is 0.260 e. The number of nitrogens with zero attached hydrogens (tertiary/aromatic N) is 2. The molecule has 28 heavy (non-hydrogen) atoms. The minimum Gasteiger partial charge on any atom is -0.493 e. The highest BCUT2D eigenvalue weighted by Crippen LogP contribution is 2.20. The monoisotopic (exact) mass is 407 g/mol. The fraction of sp³-hybridized carbons (Fsp3) is 0.211. The Morgan fingerprint density at radius 1 is 1.07 bits per heavy atom. The molecule has 1 heterocycles. The summed E-state index contributed by atoms with van der Waals surface area (Å²) in [7, 11) is 0. The van der Waals surface area contributed by atoms with Gasteiger partial charge in [0.15, 0.2) is 17.5 Å². The van der Waals surface area contributed by atoms with E-state index >= 15 is 0 Å². The lowest BCUT2D eigenvalue weighted by Gasteiger charge is -2.05. The van der Waals surface area contributed by atoms with E-state index in [0.29, 0.717) is 24.1 Å². The van der Waals surface area contributed by atoms with Crippen LogP contribution in [0.15, 0.2) is 36.4 Å². The highest BCUT2D eigenvalue weighted by Gasteiger charge is 2.20. The lowest BCUT2D eigenvalue weighted by atomic mass is 10.2. The van der Waals surface area contributed by atoms with Gasteiger partial charge in [-0.15, -0.1) is 10.2 Å². The van der Waals surface area contributed by atoms with E-state index in [0.717, 1.165) is 29.6 Å². The highest BCUT2D eigenvalue weighted by molar-refractivity contribution is 7.15. The van der Waals surface area contributed by atoms with Gasteiger partial charge in [0.25, 0.3) is 5.91 Å². The molecule has 0 bridgehead atoms. The van der Waals surface area contributed by atoms with Crippen molar-refractivity contribution in [3.63, 3.8) is 0 Å². The van der Waals surface area contributed by atoms with E-state index in [4.69, 9.17) is 4.74 Å². The number of carbonyl (C=O) groups is 1. The first kappa shape index (κ1) is 19.8. The van der Waals surface area contributed by atoms with Gasteiger partial charge in [0.1, 0.15) is 10.8 Å². The Morgan fingerprint density at radius 3 is 2.54 bits per heavy atom. The number of halogens is 3. The molecule has 0 spiro atoms. The Labute approximate surface area is 163 Å². The number of anilines is 1. The van der Waals surface area contributed by atoms with E-state index in [-0.39, 0.29) is 5.13 Å². The van der Waals surface area contributed by atoms with Crippen LogP contribution in [0.25, 0.3) is 0 Å². The second-order valence-corrected chi connectivity index (χ2v) is 6.84. The zero-order valence-electron chi connectivity index (χ0n) is 14.8. The smallest absolute Gasteiger partial charge is 0.260 e. The van der Waals surface area contributed by atoms with Crippen LogP contribution >= 0.6 is 11.3 Å². The first-order chi connectivity index (χ1) is 13.5. The van der Waals surface area contributed by atoms with Crippen molar-refractivity contribution in [3.8, 4) is 5.75 Å². The summed E-state index contributed by atoms with van der Waals surface area (Å²) in [6, 6.07) is 9.31. The van der Waals surface area contributed by atoms with E-state index in [9.17, 15) is 18.0 Å². The number of aryl methyl sites for hydroxylation is 1. The molecule has 0 atom stereocenters. The molecule has 0 aliphatic carbocycles. The molecule has 0 saturated heterocycles. The Bertz CT molecular complexity index is 977. The van der Waals surface area contributed by atoms with Crippen molar-refractivity contribution in [1.82, 2.24) is 10.2 Å². The SMILES string of the molecule is CCc1ccc(OCCc2nnc(NC(=O)c3ccc(F)c(F)c3F)s2)cc1. The van der Waals surface area contributed by atoms with Crippen LogP contribution in [-0.4, -0.2) is 22.7 Å². The van der Waals surface area contributed by atoms with Gasteiger partial charge < -0.3 is 4.74 Å². The summed E-state index contributed by atoms with van der Waals surface area (Å²) in [5.74, 6) is -4.81. The summed E-state index contributed by atoms with van der Waals surface area (Å²) in [5, 5.41) is 10.8. The number of hydrogen-bond donors (Lipinski definition) is 1. The third-order valence-corrected chi connectivity index (χ3v) is 4.78. The van der Waals surface area contributed by atoms with Gasteiger partial charge in [0.2, 0.25) is 5.13 Å². The van der Waals surface area contributed by atoms with E-state index in [1.807, 2.05) is 24.3 Å². The molecule has 3 rings (SSSR count). The van der Waals surface area contributed by atoms with Crippen LogP contribution in [0.3, 0.4) is 0 Å². The Kier molecular flexibility index (Phi) is 6.25. The second kappa shape index (κ2) is 8.83. The standard InChI is InChI=1S/C19H16F3N3O2S/c1-2-11-3-5-12(6-4-11)27-10-9-15-24-25-19(28-15)23-18(26)13-7-8-14(20)17(22)16(13)21/h3-8H,2,9-10H2,1H3,(H,23,25,26). The van der Waals surface area contributed by atoms with Crippen molar-refractivity contribution in [2.45, 2.75) is 19.8 Å². The zero-order chi connectivity index (χ0) is 20.1. The number of amides is 1. The van der Waals surface area contributed by atoms with Crippen molar-refractivity contribution in [2.75, 3.05) is 11.9 Å². The van der Waals surface area contributed by atoms with Crippen molar-refractivity contribution in [2.24, 2.45) is 0 Å². The van der Waals surface area contributed by atoms with Gasteiger partial charge in [-0.2, -0.15) is 0 Å². The van der Waals surface area contributed by atoms with Gasteiger partial charge in [-0.3, -0.25) is 10.1 Å². The Morgan fingerprint density at radius 2 is 1.82 bits per heavy atom. The highest BCUT2D eigenvalue weighted by atomic mass is 32.1. The van der Waals surface area contributed by atoms with Crippen molar-refractivity contribution in [3.05, 3.63) is 70.0 Å². The molecule has 0 aliphatic heterocycles. The second-order valence-electron chi connectivity index (χ2n) is 5.77. The van der Waals surface area contributed by atoms with Crippen LogP contribution in [0.2, 0.25) is 0 Å². The molecule has 146 valence electrons. The lowest BCUT2D eigenvalue weighted by molar-refractivity contribution is 0.102. The lowest BCUT2D eigenvalue weighted by Crippen LogP contribution is -2.15. The molecule has 0 radical (unpaired) electrons. The van der Waals surface area contributed by atoms with Gasteiger partial charge in [-0.1, -0.05) is 30.4 Å². The molecule has 1 aromatic heterocycles. The molecule has 1 N–H and O–H groups in total. The number of hydrogen-bond acceptors (Lipinski definition) is 5. The predicted octanol–water partition coefficient (Wildman–Crippen LogP) is 4.39. The largest absolute Gasteiger partial charge is 0.493 e. The summed E-state index contributed by atoms with van der Waals surface area (Å²) < 4.78 is 45.5. The normalized spacial score (nSPS) is 10.7. The van der Waals surface area contributed by atoms with Crippen LogP contribution in [0.1, 0.15) is 27.9 Å². The molecular weight excluding hydrogens is 391 g/mol. The number of aromatic nitrogens is 2. The quantitative estimate of drug-likeness (QED) is 0.590. The first-order valence-corrected chi connectivity index (χ1v) is 9.28. The molecule has 0 fully saturated rings. The minimum absolute atomic E-state index is 0.122. The van der Waals surface area contributed by atoms with E-state index in [2.05, 4.69) is 22.4 Å². The molecule has 0 aliphatic rings. The fourth-order valence-corrected chi connectivity index (χ4v) is 3.06. The van der Waals surface area contributed by atoms with Crippen LogP contribution in [0.5, 0.6) is 5.75 Å². The van der Waals surface area contributed by atoms with E-state index < -0.39 is 28.9 Å². The third kappa shape index (κ3) is 4.66. The van der Waals surface area contributed by atoms with Crippen LogP contribution in [0, 0.1) is 17.5 Å². The number of nitrogens with one attached hydrogen (secondary N) is 1. The maximum absolute atomic E-state index is 13.7. The number of ether oxygens (including phenoxy) is 1. The average molecular weight is 407 g/mol. The van der Waals surface area contributed by atoms with Crippen LogP contribution in [0.4, 0.5) is 18.3 Å². The predicted molar refractivity (Wildman–Crippen MR) is 99.2 cm³/mol. The summed E-state index contributed by atoms with van der Waals surface area (Å²) in [6.45, 7) is 2.44. The van der Waals surface area contributed by atoms with Crippen molar-refractivity contribution >= 4 is 22.4 Å². The molecule has 1 amide bonds. The summed E-state index contributed by atoms with van der Waals surface area (Å²) in [4.78, 5) is 12.0. The van der Waals surface area contributed by atoms with Crippen molar-refractivity contribution < 1.29 is 22.7 Å². The Hall–Kier alpha value is -2.94. The van der Waals surface area contributed by atoms with Gasteiger partial charge in [-0.25, -0.2) is 13.2 Å². The topological polar surface area (TPSA) is 64.1 Å². The van der Waals surface area contributed by atoms with Gasteiger partial charge in [0.05, 0.1) is 12.2 Å².